The molecular formula is C9H6BrN3. The van der Waals surface area contributed by atoms with Crippen molar-refractivity contribution in [3.8, 4) is 11.4 Å². The predicted octanol–water partition coefficient (Wildman–Crippen LogP) is 2.30. The van der Waals surface area contributed by atoms with Crippen LogP contribution in [0.3, 0.4) is 0 Å². The van der Waals surface area contributed by atoms with Crippen molar-refractivity contribution in [3.05, 3.63) is 41.1 Å². The maximum Gasteiger partial charge on any atom is 0.125 e. The van der Waals surface area contributed by atoms with Crippen LogP contribution in [0.5, 0.6) is 0 Å². The average Bonchev–Trinajstić information content (AvgIpc) is 2.20. The van der Waals surface area contributed by atoms with E-state index < -0.39 is 0 Å². The van der Waals surface area contributed by atoms with Gasteiger partial charge in [-0.1, -0.05) is 6.07 Å². The second kappa shape index (κ2) is 3.62. The molecule has 64 valence electrons. The summed E-state index contributed by atoms with van der Waals surface area (Å²) in [7, 11) is 0. The number of aromatic nitrogens is 3. The highest BCUT2D eigenvalue weighted by molar-refractivity contribution is 9.10. The summed E-state index contributed by atoms with van der Waals surface area (Å²) in [6.45, 7) is 0. The molecule has 0 amide bonds. The van der Waals surface area contributed by atoms with Crippen LogP contribution in [0.2, 0.25) is 0 Å². The minimum absolute atomic E-state index is 0.767. The Bertz CT molecular complexity index is 403. The Kier molecular flexibility index (Phi) is 2.31. The van der Waals surface area contributed by atoms with Crippen molar-refractivity contribution in [2.75, 3.05) is 0 Å². The van der Waals surface area contributed by atoms with E-state index in [0.29, 0.717) is 0 Å². The van der Waals surface area contributed by atoms with Gasteiger partial charge < -0.3 is 0 Å². The summed E-state index contributed by atoms with van der Waals surface area (Å²) in [4.78, 5) is 4.18. The van der Waals surface area contributed by atoms with E-state index in [2.05, 4.69) is 31.1 Å². The van der Waals surface area contributed by atoms with Crippen LogP contribution in [-0.2, 0) is 0 Å². The van der Waals surface area contributed by atoms with Crippen LogP contribution in [0.25, 0.3) is 11.4 Å². The standard InChI is InChI=1S/C9H6BrN3/c10-7-4-6-12-13-9(7)8-3-1-2-5-11-8/h1-6H. The zero-order valence-corrected chi connectivity index (χ0v) is 8.27. The largest absolute Gasteiger partial charge is 0.255 e. The molecule has 0 unspecified atom stereocenters. The summed E-state index contributed by atoms with van der Waals surface area (Å²) in [5.74, 6) is 0. The Hall–Kier alpha value is -1.29. The summed E-state index contributed by atoms with van der Waals surface area (Å²) in [6.07, 6.45) is 3.37. The summed E-state index contributed by atoms with van der Waals surface area (Å²) in [5.41, 5.74) is 1.59. The molecule has 13 heavy (non-hydrogen) atoms. The summed E-state index contributed by atoms with van der Waals surface area (Å²) in [6, 6.07) is 7.53. The third-order valence-corrected chi connectivity index (χ3v) is 2.22. The lowest BCUT2D eigenvalue weighted by atomic mass is 10.2. The molecule has 0 aromatic carbocycles. The number of rotatable bonds is 1. The molecule has 2 heterocycles. The van der Waals surface area contributed by atoms with Gasteiger partial charge in [-0.3, -0.25) is 4.98 Å². The van der Waals surface area contributed by atoms with Crippen LogP contribution in [0.4, 0.5) is 0 Å². The van der Waals surface area contributed by atoms with Gasteiger partial charge in [-0.05, 0) is 34.1 Å². The molecule has 0 fully saturated rings. The van der Waals surface area contributed by atoms with Gasteiger partial charge in [0.2, 0.25) is 0 Å². The highest BCUT2D eigenvalue weighted by Crippen LogP contribution is 2.22. The molecule has 0 N–H and O–H groups in total. The fraction of sp³-hybridized carbons (Fsp3) is 0. The predicted molar refractivity (Wildman–Crippen MR) is 53.0 cm³/mol. The van der Waals surface area contributed by atoms with E-state index >= 15 is 0 Å². The second-order valence-electron chi connectivity index (χ2n) is 2.44. The van der Waals surface area contributed by atoms with Crippen molar-refractivity contribution in [3.63, 3.8) is 0 Å². The van der Waals surface area contributed by atoms with Crippen molar-refractivity contribution in [1.29, 1.82) is 0 Å². The van der Waals surface area contributed by atoms with Crippen molar-refractivity contribution in [2.24, 2.45) is 0 Å². The third kappa shape index (κ3) is 1.72. The fourth-order valence-electron chi connectivity index (χ4n) is 0.993. The zero-order valence-electron chi connectivity index (χ0n) is 6.68. The number of nitrogens with zero attached hydrogens (tertiary/aromatic N) is 3. The Morgan fingerprint density at radius 1 is 1.08 bits per heavy atom. The summed E-state index contributed by atoms with van der Waals surface area (Å²) < 4.78 is 0.904. The topological polar surface area (TPSA) is 38.7 Å². The fourth-order valence-corrected chi connectivity index (χ4v) is 1.39. The molecule has 2 rings (SSSR count). The molecule has 3 nitrogen and oxygen atoms in total. The molecule has 0 saturated heterocycles. The van der Waals surface area contributed by atoms with E-state index in [9.17, 15) is 0 Å². The number of pyridine rings is 1. The van der Waals surface area contributed by atoms with Crippen molar-refractivity contribution < 1.29 is 0 Å². The van der Waals surface area contributed by atoms with Gasteiger partial charge in [0.05, 0.1) is 11.9 Å². The first-order valence-corrected chi connectivity index (χ1v) is 4.56. The first-order chi connectivity index (χ1) is 6.38. The molecule has 2 aromatic rings. The molecule has 0 aliphatic heterocycles. The number of hydrogen-bond acceptors (Lipinski definition) is 3. The first-order valence-electron chi connectivity index (χ1n) is 3.76. The van der Waals surface area contributed by atoms with Gasteiger partial charge in [0.15, 0.2) is 0 Å². The molecule has 0 bridgehead atoms. The highest BCUT2D eigenvalue weighted by Gasteiger charge is 2.04. The van der Waals surface area contributed by atoms with E-state index in [1.807, 2.05) is 24.3 Å². The molecule has 0 atom stereocenters. The first kappa shape index (κ1) is 8.31. The van der Waals surface area contributed by atoms with Crippen LogP contribution in [0, 0.1) is 0 Å². The third-order valence-electron chi connectivity index (χ3n) is 1.58. The molecular weight excluding hydrogens is 230 g/mol. The molecule has 2 aromatic heterocycles. The molecule has 0 saturated carbocycles. The molecule has 0 aliphatic carbocycles. The van der Waals surface area contributed by atoms with Gasteiger partial charge in [-0.25, -0.2) is 0 Å². The van der Waals surface area contributed by atoms with Gasteiger partial charge in [0, 0.05) is 10.7 Å². The normalized spacial score (nSPS) is 9.92. The smallest absolute Gasteiger partial charge is 0.125 e. The van der Waals surface area contributed by atoms with Crippen LogP contribution < -0.4 is 0 Å². The quantitative estimate of drug-likeness (QED) is 0.762. The zero-order chi connectivity index (χ0) is 9.10. The lowest BCUT2D eigenvalue weighted by Crippen LogP contribution is -1.89. The maximum atomic E-state index is 4.18. The summed E-state index contributed by atoms with van der Waals surface area (Å²) >= 11 is 3.39. The Labute approximate surface area is 84.0 Å². The van der Waals surface area contributed by atoms with Crippen LogP contribution in [0.15, 0.2) is 41.1 Å². The van der Waals surface area contributed by atoms with E-state index in [0.717, 1.165) is 15.9 Å². The van der Waals surface area contributed by atoms with Crippen LogP contribution >= 0.6 is 15.9 Å². The van der Waals surface area contributed by atoms with E-state index in [1.165, 1.54) is 0 Å². The molecule has 4 heteroatoms. The Morgan fingerprint density at radius 3 is 2.69 bits per heavy atom. The van der Waals surface area contributed by atoms with Gasteiger partial charge in [0.25, 0.3) is 0 Å². The number of hydrogen-bond donors (Lipinski definition) is 0. The minimum atomic E-state index is 0.767. The Morgan fingerprint density at radius 2 is 2.00 bits per heavy atom. The lowest BCUT2D eigenvalue weighted by molar-refractivity contribution is 1.02. The van der Waals surface area contributed by atoms with Crippen molar-refractivity contribution >= 4 is 15.9 Å². The Balaban J connectivity index is 2.54. The van der Waals surface area contributed by atoms with E-state index in [-0.39, 0.29) is 0 Å². The van der Waals surface area contributed by atoms with Crippen LogP contribution in [0.1, 0.15) is 0 Å². The van der Waals surface area contributed by atoms with E-state index in [1.54, 1.807) is 12.4 Å². The molecule has 0 radical (unpaired) electrons. The van der Waals surface area contributed by atoms with Crippen LogP contribution in [-0.4, -0.2) is 15.2 Å². The van der Waals surface area contributed by atoms with Gasteiger partial charge in [0.1, 0.15) is 5.69 Å². The maximum absolute atomic E-state index is 4.18. The van der Waals surface area contributed by atoms with Gasteiger partial charge in [-0.15, -0.1) is 5.10 Å². The average molecular weight is 236 g/mol. The second-order valence-corrected chi connectivity index (χ2v) is 3.30. The molecule has 0 aliphatic rings. The van der Waals surface area contributed by atoms with Crippen molar-refractivity contribution in [1.82, 2.24) is 15.2 Å². The summed E-state index contributed by atoms with van der Waals surface area (Å²) in [5, 5.41) is 7.79. The van der Waals surface area contributed by atoms with Crippen molar-refractivity contribution in [2.45, 2.75) is 0 Å². The van der Waals surface area contributed by atoms with Gasteiger partial charge >= 0.3 is 0 Å². The monoisotopic (exact) mass is 235 g/mol. The minimum Gasteiger partial charge on any atom is -0.255 e. The molecule has 0 spiro atoms. The van der Waals surface area contributed by atoms with Gasteiger partial charge in [-0.2, -0.15) is 5.10 Å². The SMILES string of the molecule is Brc1ccnnc1-c1ccccn1. The lowest BCUT2D eigenvalue weighted by Gasteiger charge is -1.99. The highest BCUT2D eigenvalue weighted by atomic mass is 79.9. The van der Waals surface area contributed by atoms with E-state index in [4.69, 9.17) is 0 Å². The number of halogens is 1.